The smallest absolute Gasteiger partial charge is 0.329 e. The average Bonchev–Trinajstić information content (AvgIpc) is 2.95. The van der Waals surface area contributed by atoms with Gasteiger partial charge in [0.1, 0.15) is 11.6 Å². The first kappa shape index (κ1) is 16.5. The van der Waals surface area contributed by atoms with Gasteiger partial charge in [-0.3, -0.25) is 4.79 Å². The molecule has 1 aromatic heterocycles. The molecule has 1 fully saturated rings. The van der Waals surface area contributed by atoms with Gasteiger partial charge in [-0.1, -0.05) is 6.92 Å². The van der Waals surface area contributed by atoms with Gasteiger partial charge in [0.25, 0.3) is 0 Å². The summed E-state index contributed by atoms with van der Waals surface area (Å²) in [4.78, 5) is 26.3. The zero-order chi connectivity index (χ0) is 16.5. The number of amides is 1. The maximum atomic E-state index is 12.3. The number of aromatic amines is 1. The number of hydrogen-bond donors (Lipinski definition) is 1. The highest BCUT2D eigenvalue weighted by Crippen LogP contribution is 2.30. The molecule has 0 aliphatic carbocycles. The van der Waals surface area contributed by atoms with E-state index in [0.717, 1.165) is 11.4 Å². The Morgan fingerprint density at radius 2 is 2.14 bits per heavy atom. The standard InChI is InChI=1S/C15H24N4O3/c1-6-11(14(21)22-15(3,4)5)19-8-10(7-12(19)20)13-9(2)16-18-17-13/h10-11H,6-8H2,1-5H3,(H,16,17,18). The van der Waals surface area contributed by atoms with Crippen molar-refractivity contribution < 1.29 is 14.3 Å². The van der Waals surface area contributed by atoms with Gasteiger partial charge in [0.05, 0.1) is 11.4 Å². The van der Waals surface area contributed by atoms with Crippen molar-refractivity contribution in [3.05, 3.63) is 11.4 Å². The van der Waals surface area contributed by atoms with Crippen LogP contribution in [0, 0.1) is 6.92 Å². The summed E-state index contributed by atoms with van der Waals surface area (Å²) in [7, 11) is 0. The van der Waals surface area contributed by atoms with Crippen LogP contribution in [0.4, 0.5) is 0 Å². The van der Waals surface area contributed by atoms with Gasteiger partial charge in [-0.15, -0.1) is 0 Å². The Kier molecular flexibility index (Phi) is 4.53. The zero-order valence-electron chi connectivity index (χ0n) is 13.8. The van der Waals surface area contributed by atoms with Gasteiger partial charge in [0, 0.05) is 18.9 Å². The van der Waals surface area contributed by atoms with Crippen molar-refractivity contribution in [2.75, 3.05) is 6.54 Å². The Morgan fingerprint density at radius 3 is 2.64 bits per heavy atom. The summed E-state index contributed by atoms with van der Waals surface area (Å²) >= 11 is 0. The molecule has 2 atom stereocenters. The van der Waals surface area contributed by atoms with Crippen LogP contribution in [-0.4, -0.2) is 50.4 Å². The number of H-pyrrole nitrogens is 1. The topological polar surface area (TPSA) is 88.2 Å². The van der Waals surface area contributed by atoms with Crippen molar-refractivity contribution in [3.8, 4) is 0 Å². The minimum absolute atomic E-state index is 0.0252. The quantitative estimate of drug-likeness (QED) is 0.853. The normalized spacial score (nSPS) is 20.3. The Hall–Kier alpha value is -1.92. The van der Waals surface area contributed by atoms with Crippen LogP contribution in [0.15, 0.2) is 0 Å². The summed E-state index contributed by atoms with van der Waals surface area (Å²) in [5, 5.41) is 10.7. The van der Waals surface area contributed by atoms with E-state index in [9.17, 15) is 9.59 Å². The number of rotatable bonds is 4. The van der Waals surface area contributed by atoms with Crippen molar-refractivity contribution in [2.24, 2.45) is 0 Å². The second-order valence-corrected chi connectivity index (χ2v) is 6.70. The summed E-state index contributed by atoms with van der Waals surface area (Å²) in [6, 6.07) is -0.538. The highest BCUT2D eigenvalue weighted by atomic mass is 16.6. The van der Waals surface area contributed by atoms with E-state index in [1.165, 1.54) is 0 Å². The molecule has 0 bridgehead atoms. The fraction of sp³-hybridized carbons (Fsp3) is 0.733. The van der Waals surface area contributed by atoms with Gasteiger partial charge in [-0.2, -0.15) is 15.4 Å². The largest absolute Gasteiger partial charge is 0.458 e. The molecule has 1 N–H and O–H groups in total. The maximum Gasteiger partial charge on any atom is 0.329 e. The Bertz CT molecular complexity index is 561. The third-order valence-corrected chi connectivity index (χ3v) is 3.75. The predicted molar refractivity (Wildman–Crippen MR) is 80.1 cm³/mol. The van der Waals surface area contributed by atoms with Gasteiger partial charge >= 0.3 is 5.97 Å². The number of nitrogens with one attached hydrogen (secondary N) is 1. The highest BCUT2D eigenvalue weighted by molar-refractivity contribution is 5.86. The van der Waals surface area contributed by atoms with E-state index < -0.39 is 11.6 Å². The lowest BCUT2D eigenvalue weighted by atomic mass is 10.0. The molecule has 122 valence electrons. The van der Waals surface area contributed by atoms with E-state index in [-0.39, 0.29) is 17.8 Å². The molecule has 2 unspecified atom stereocenters. The first-order chi connectivity index (χ1) is 10.2. The minimum Gasteiger partial charge on any atom is -0.458 e. The van der Waals surface area contributed by atoms with Crippen LogP contribution in [0.3, 0.4) is 0 Å². The number of ether oxygens (including phenoxy) is 1. The van der Waals surface area contributed by atoms with E-state index in [0.29, 0.717) is 19.4 Å². The zero-order valence-corrected chi connectivity index (χ0v) is 13.8. The molecule has 0 spiro atoms. The first-order valence-corrected chi connectivity index (χ1v) is 7.62. The van der Waals surface area contributed by atoms with E-state index in [2.05, 4.69) is 15.4 Å². The van der Waals surface area contributed by atoms with Crippen molar-refractivity contribution in [1.29, 1.82) is 0 Å². The minimum atomic E-state index is -0.560. The molecular weight excluding hydrogens is 284 g/mol. The monoisotopic (exact) mass is 308 g/mol. The molecule has 1 saturated heterocycles. The Labute approximate surface area is 130 Å². The van der Waals surface area contributed by atoms with E-state index in [1.54, 1.807) is 4.90 Å². The summed E-state index contributed by atoms with van der Waals surface area (Å²) in [5.41, 5.74) is 1.04. The van der Waals surface area contributed by atoms with Crippen molar-refractivity contribution in [2.45, 2.75) is 65.0 Å². The second kappa shape index (κ2) is 6.06. The average molecular weight is 308 g/mol. The third-order valence-electron chi connectivity index (χ3n) is 3.75. The van der Waals surface area contributed by atoms with E-state index in [4.69, 9.17) is 4.74 Å². The van der Waals surface area contributed by atoms with Gasteiger partial charge in [-0.05, 0) is 34.1 Å². The second-order valence-electron chi connectivity index (χ2n) is 6.70. The third kappa shape index (κ3) is 3.45. The number of carbonyl (C=O) groups excluding carboxylic acids is 2. The maximum absolute atomic E-state index is 12.3. The molecule has 7 nitrogen and oxygen atoms in total. The molecule has 0 radical (unpaired) electrons. The van der Waals surface area contributed by atoms with Gasteiger partial charge in [-0.25, -0.2) is 4.79 Å². The summed E-state index contributed by atoms with van der Waals surface area (Å²) < 4.78 is 5.43. The summed E-state index contributed by atoms with van der Waals surface area (Å²) in [6.45, 7) is 9.69. The summed E-state index contributed by atoms with van der Waals surface area (Å²) in [5.74, 6) is -0.409. The van der Waals surface area contributed by atoms with Gasteiger partial charge < -0.3 is 9.64 Å². The molecule has 7 heteroatoms. The van der Waals surface area contributed by atoms with E-state index in [1.807, 2.05) is 34.6 Å². The predicted octanol–water partition coefficient (Wildman–Crippen LogP) is 1.55. The number of hydrogen-bond acceptors (Lipinski definition) is 5. The molecule has 22 heavy (non-hydrogen) atoms. The fourth-order valence-corrected chi connectivity index (χ4v) is 2.78. The number of nitrogens with zero attached hydrogens (tertiary/aromatic N) is 3. The van der Waals surface area contributed by atoms with Crippen LogP contribution in [0.5, 0.6) is 0 Å². The molecule has 0 aromatic carbocycles. The van der Waals surface area contributed by atoms with Gasteiger partial charge in [0.15, 0.2) is 0 Å². The molecule has 1 aromatic rings. The molecule has 1 aliphatic heterocycles. The number of carbonyl (C=O) groups is 2. The molecule has 0 saturated carbocycles. The Balaban J connectivity index is 2.12. The SMILES string of the molecule is CCC(C(=O)OC(C)(C)C)N1CC(c2n[nH]nc2C)CC1=O. The molecule has 1 aliphatic rings. The van der Waals surface area contributed by atoms with Crippen LogP contribution >= 0.6 is 0 Å². The Morgan fingerprint density at radius 1 is 1.45 bits per heavy atom. The number of esters is 1. The molecular formula is C15H24N4O3. The first-order valence-electron chi connectivity index (χ1n) is 7.62. The van der Waals surface area contributed by atoms with E-state index >= 15 is 0 Å². The van der Waals surface area contributed by atoms with Crippen molar-refractivity contribution in [1.82, 2.24) is 20.3 Å². The van der Waals surface area contributed by atoms with Crippen LogP contribution in [0.25, 0.3) is 0 Å². The molecule has 2 heterocycles. The van der Waals surface area contributed by atoms with Crippen LogP contribution in [-0.2, 0) is 14.3 Å². The lowest BCUT2D eigenvalue weighted by Gasteiger charge is -2.29. The fourth-order valence-electron chi connectivity index (χ4n) is 2.78. The van der Waals surface area contributed by atoms with Gasteiger partial charge in [0.2, 0.25) is 5.91 Å². The van der Waals surface area contributed by atoms with Crippen LogP contribution in [0.2, 0.25) is 0 Å². The highest BCUT2D eigenvalue weighted by Gasteiger charge is 2.40. The lowest BCUT2D eigenvalue weighted by molar-refractivity contribution is -0.163. The summed E-state index contributed by atoms with van der Waals surface area (Å²) in [6.07, 6.45) is 0.887. The number of likely N-dealkylation sites (tertiary alicyclic amines) is 1. The molecule has 2 rings (SSSR count). The molecule has 1 amide bonds. The van der Waals surface area contributed by atoms with Crippen LogP contribution < -0.4 is 0 Å². The van der Waals surface area contributed by atoms with Crippen molar-refractivity contribution >= 4 is 11.9 Å². The number of aryl methyl sites for hydroxylation is 1. The van der Waals surface area contributed by atoms with Crippen LogP contribution in [0.1, 0.15) is 57.8 Å². The van der Waals surface area contributed by atoms with Crippen molar-refractivity contribution in [3.63, 3.8) is 0 Å². The lowest BCUT2D eigenvalue weighted by Crippen LogP contribution is -2.44. The number of aromatic nitrogens is 3.